The largest absolute Gasteiger partial charge is 0.368 e. The maximum absolute atomic E-state index is 13.0. The molecule has 0 aromatic heterocycles. The maximum Gasteiger partial charge on any atom is 0.308 e. The van der Waals surface area contributed by atoms with Crippen molar-refractivity contribution < 1.29 is 13.5 Å². The summed E-state index contributed by atoms with van der Waals surface area (Å²) >= 11 is 0. The summed E-state index contributed by atoms with van der Waals surface area (Å²) in [6, 6.07) is 33.5. The zero-order valence-corrected chi connectivity index (χ0v) is 44.3. The molecule has 4 aromatic rings. The molecule has 1 aliphatic heterocycles. The zero-order valence-electron chi connectivity index (χ0n) is 44.3. The normalized spacial score (nSPS) is 16.6. The number of fused-ring (bicyclic) bond motifs is 4. The molecule has 0 bridgehead atoms. The van der Waals surface area contributed by atoms with E-state index < -0.39 is 5.92 Å². The lowest BCUT2D eigenvalue weighted by atomic mass is 9.74. The molecule has 4 heteroatoms. The molecule has 0 amide bonds. The van der Waals surface area contributed by atoms with Crippen LogP contribution in [0.2, 0.25) is 0 Å². The molecule has 0 N–H and O–H groups in total. The second kappa shape index (κ2) is 24.5. The summed E-state index contributed by atoms with van der Waals surface area (Å²) in [6.07, 6.45) is 8.02. The summed E-state index contributed by atoms with van der Waals surface area (Å²) in [5, 5.41) is 0. The summed E-state index contributed by atoms with van der Waals surface area (Å²) < 4.78 is 32.4. The maximum atomic E-state index is 13.0. The van der Waals surface area contributed by atoms with Crippen molar-refractivity contribution in [3.63, 3.8) is 0 Å². The Hall–Kier alpha value is -5.70. The number of hydrogen-bond acceptors (Lipinski definition) is 2. The van der Waals surface area contributed by atoms with Crippen LogP contribution in [0.5, 0.6) is 0 Å². The van der Waals surface area contributed by atoms with E-state index in [1.54, 1.807) is 0 Å². The lowest BCUT2D eigenvalue weighted by Crippen LogP contribution is -2.41. The van der Waals surface area contributed by atoms with Gasteiger partial charge in [0.25, 0.3) is 0 Å². The van der Waals surface area contributed by atoms with Gasteiger partial charge in [-0.25, -0.2) is 0 Å². The van der Waals surface area contributed by atoms with Crippen LogP contribution in [0.1, 0.15) is 182 Å². The third kappa shape index (κ3) is 20.3. The standard InChI is InChI=1S/C20H20O.C19H19N.C12H18F2.C7H12.C6H10/c1-20(2,3)21-19-14-17-10-5-4-8-15(17)12-13-16-9-6-7-11-18(16)19;1-19(2,3)20-14-17-10-5-4-8-15(17)12-13-16-9-6-7-11-18(16)20;1-11(2,3)10-6-4-5-8-12(13,14)9-7-10;1-5-6-7(2,3)4;1-5-6(2,3)4/h4-11,19H,14H2,1-3H3;4-11H,14H2,1-3H3;10H,4,6-7,9H2,1-3H3;1-4H3;1H,2-4H3. The van der Waals surface area contributed by atoms with Crippen molar-refractivity contribution in [2.75, 3.05) is 4.90 Å². The first-order valence-corrected chi connectivity index (χ1v) is 24.1. The lowest BCUT2D eigenvalue weighted by molar-refractivity contribution is -0.0615. The third-order valence-electron chi connectivity index (χ3n) is 11.1. The Morgan fingerprint density at radius 2 is 1.12 bits per heavy atom. The van der Waals surface area contributed by atoms with Crippen molar-refractivity contribution in [3.8, 4) is 59.7 Å². The average molecular weight is 916 g/mol. The number of hydrogen-bond donors (Lipinski definition) is 0. The molecule has 7 rings (SSSR count). The second-order valence-electron chi connectivity index (χ2n) is 22.8. The van der Waals surface area contributed by atoms with E-state index in [4.69, 9.17) is 11.2 Å². The van der Waals surface area contributed by atoms with Crippen molar-refractivity contribution in [1.29, 1.82) is 0 Å². The van der Waals surface area contributed by atoms with Gasteiger partial charge in [0, 0.05) is 64.4 Å². The molecule has 0 radical (unpaired) electrons. The fraction of sp³-hybridized carbons (Fsp3) is 0.469. The van der Waals surface area contributed by atoms with E-state index in [1.165, 1.54) is 22.4 Å². The van der Waals surface area contributed by atoms with E-state index in [0.29, 0.717) is 18.8 Å². The first kappa shape index (κ1) is 56.6. The highest BCUT2D eigenvalue weighted by molar-refractivity contribution is 5.65. The molecule has 2 unspecified atom stereocenters. The Morgan fingerprint density at radius 1 is 0.632 bits per heavy atom. The molecule has 2 atom stereocenters. The van der Waals surface area contributed by atoms with Crippen LogP contribution in [0.4, 0.5) is 14.5 Å². The number of halogens is 2. The number of alkyl halides is 2. The topological polar surface area (TPSA) is 12.5 Å². The van der Waals surface area contributed by atoms with Gasteiger partial charge in [-0.2, -0.15) is 8.78 Å². The summed E-state index contributed by atoms with van der Waals surface area (Å²) in [4.78, 5) is 2.44. The Kier molecular flexibility index (Phi) is 20.4. The fourth-order valence-electron chi connectivity index (χ4n) is 7.51. The van der Waals surface area contributed by atoms with Crippen LogP contribution >= 0.6 is 0 Å². The molecular formula is C64H79F2NO. The molecule has 1 heterocycles. The summed E-state index contributed by atoms with van der Waals surface area (Å²) in [6.45, 7) is 34.5. The number of rotatable bonds is 1. The van der Waals surface area contributed by atoms with E-state index in [1.807, 2.05) is 45.7 Å². The van der Waals surface area contributed by atoms with Crippen LogP contribution in [0.15, 0.2) is 97.1 Å². The van der Waals surface area contributed by atoms with Crippen molar-refractivity contribution in [2.24, 2.45) is 22.2 Å². The van der Waals surface area contributed by atoms with Gasteiger partial charge in [-0.1, -0.05) is 123 Å². The highest BCUT2D eigenvalue weighted by Crippen LogP contribution is 2.37. The van der Waals surface area contributed by atoms with Crippen LogP contribution in [0.3, 0.4) is 0 Å². The molecule has 360 valence electrons. The molecule has 0 spiro atoms. The van der Waals surface area contributed by atoms with E-state index in [0.717, 1.165) is 41.6 Å². The predicted molar refractivity (Wildman–Crippen MR) is 286 cm³/mol. The molecule has 68 heavy (non-hydrogen) atoms. The summed E-state index contributed by atoms with van der Waals surface area (Å²) in [5.41, 5.74) is 9.64. The summed E-state index contributed by atoms with van der Waals surface area (Å²) in [5.74, 6) is 24.0. The van der Waals surface area contributed by atoms with Gasteiger partial charge < -0.3 is 9.64 Å². The lowest BCUT2D eigenvalue weighted by Gasteiger charge is -2.39. The molecule has 2 aliphatic carbocycles. The summed E-state index contributed by atoms with van der Waals surface area (Å²) in [7, 11) is 0. The first-order chi connectivity index (χ1) is 31.5. The van der Waals surface area contributed by atoms with Gasteiger partial charge in [-0.05, 0) is 167 Å². The van der Waals surface area contributed by atoms with Crippen LogP contribution in [-0.2, 0) is 17.7 Å². The van der Waals surface area contributed by atoms with Gasteiger partial charge in [0.2, 0.25) is 0 Å². The molecule has 3 aliphatic rings. The minimum Gasteiger partial charge on any atom is -0.368 e. The first-order valence-electron chi connectivity index (χ1n) is 24.1. The van der Waals surface area contributed by atoms with Gasteiger partial charge in [0.1, 0.15) is 0 Å². The van der Waals surface area contributed by atoms with Crippen molar-refractivity contribution >= 4 is 5.69 Å². The Morgan fingerprint density at radius 3 is 1.63 bits per heavy atom. The quantitative estimate of drug-likeness (QED) is 0.176. The number of anilines is 1. The monoisotopic (exact) mass is 916 g/mol. The number of terminal acetylenes is 1. The zero-order chi connectivity index (χ0) is 51.0. The van der Waals surface area contributed by atoms with E-state index in [-0.39, 0.29) is 39.9 Å². The molecule has 0 saturated carbocycles. The minimum atomic E-state index is -2.76. The number of benzene rings is 4. The van der Waals surface area contributed by atoms with Gasteiger partial charge in [0.15, 0.2) is 0 Å². The van der Waals surface area contributed by atoms with E-state index in [2.05, 4.69) is 220 Å². The number of para-hydroxylation sites is 1. The number of ether oxygens (including phenoxy) is 1. The van der Waals surface area contributed by atoms with Crippen molar-refractivity contribution in [2.45, 2.75) is 173 Å². The highest BCUT2D eigenvalue weighted by atomic mass is 19.3. The van der Waals surface area contributed by atoms with Gasteiger partial charge in [0.05, 0.1) is 17.4 Å². The van der Waals surface area contributed by atoms with E-state index in [9.17, 15) is 8.78 Å². The Bertz CT molecular complexity index is 2560. The third-order valence-corrected chi connectivity index (χ3v) is 11.1. The second-order valence-corrected chi connectivity index (χ2v) is 22.8. The Balaban J connectivity index is 0.000000243. The Labute approximate surface area is 412 Å². The van der Waals surface area contributed by atoms with Crippen LogP contribution in [0, 0.1) is 81.9 Å². The van der Waals surface area contributed by atoms with Gasteiger partial charge in [-0.15, -0.1) is 18.3 Å². The minimum absolute atomic E-state index is 0.0388. The van der Waals surface area contributed by atoms with Crippen molar-refractivity contribution in [3.05, 3.63) is 136 Å². The number of nitrogens with zero attached hydrogens (tertiary/aromatic N) is 1. The molecule has 2 nitrogen and oxygen atoms in total. The average Bonchev–Trinajstić information content (AvgIpc) is 3.21. The highest BCUT2D eigenvalue weighted by Gasteiger charge is 2.32. The predicted octanol–water partition coefficient (Wildman–Crippen LogP) is 16.3. The molecule has 0 saturated heterocycles. The van der Waals surface area contributed by atoms with Gasteiger partial charge >= 0.3 is 5.92 Å². The fourth-order valence-corrected chi connectivity index (χ4v) is 7.51. The molecule has 4 aromatic carbocycles. The van der Waals surface area contributed by atoms with Crippen LogP contribution in [-0.4, -0.2) is 17.1 Å². The van der Waals surface area contributed by atoms with E-state index >= 15 is 0 Å². The van der Waals surface area contributed by atoms with Gasteiger partial charge in [-0.3, -0.25) is 0 Å². The molecular weight excluding hydrogens is 837 g/mol. The van der Waals surface area contributed by atoms with Crippen LogP contribution in [0.25, 0.3) is 0 Å². The van der Waals surface area contributed by atoms with Crippen molar-refractivity contribution in [1.82, 2.24) is 0 Å². The SMILES string of the molecule is C#CC(C)(C)C.CC#CC(C)(C)C.CC(C)(C)C1CCC#CC(F)(F)CC1.CC(C)(C)N1Cc2ccccc2C#Cc2ccccc21.CC(C)(C)OC1Cc2ccccc2C#Cc2ccccc21. The molecule has 0 fully saturated rings. The van der Waals surface area contributed by atoms with Crippen LogP contribution < -0.4 is 4.90 Å². The smallest absolute Gasteiger partial charge is 0.308 e.